The van der Waals surface area contributed by atoms with Crippen LogP contribution in [0.2, 0.25) is 0 Å². The molecule has 2 nitrogen and oxygen atoms in total. The number of carbonyl (C=O) groups excluding carboxylic acids is 1. The van der Waals surface area contributed by atoms with E-state index in [1.54, 1.807) is 6.08 Å². The summed E-state index contributed by atoms with van der Waals surface area (Å²) in [5, 5.41) is 3.14. The van der Waals surface area contributed by atoms with Crippen molar-refractivity contribution >= 4 is 17.4 Å². The summed E-state index contributed by atoms with van der Waals surface area (Å²) in [6.07, 6.45) is 13.0. The molecule has 0 aliphatic heterocycles. The smallest absolute Gasteiger partial charge is 0.156 e. The number of halogens is 1. The zero-order chi connectivity index (χ0) is 11.9. The van der Waals surface area contributed by atoms with Gasteiger partial charge in [-0.15, -0.1) is 0 Å². The van der Waals surface area contributed by atoms with E-state index >= 15 is 0 Å². The predicted molar refractivity (Wildman–Crippen MR) is 68.5 cm³/mol. The molecule has 0 saturated heterocycles. The third-order valence-corrected chi connectivity index (χ3v) is 3.10. The Labute approximate surface area is 102 Å². The maximum Gasteiger partial charge on any atom is 0.156 e. The van der Waals surface area contributed by atoms with Crippen molar-refractivity contribution in [3.63, 3.8) is 0 Å². The Balaban J connectivity index is 2.68. The summed E-state index contributed by atoms with van der Waals surface area (Å²) < 4.78 is 0. The number of allylic oxidation sites excluding steroid dienone is 4. The van der Waals surface area contributed by atoms with Crippen LogP contribution in [0.25, 0.3) is 0 Å². The highest BCUT2D eigenvalue weighted by Gasteiger charge is 2.35. The first-order valence-electron chi connectivity index (χ1n) is 5.58. The Morgan fingerprint density at radius 3 is 2.62 bits per heavy atom. The van der Waals surface area contributed by atoms with Gasteiger partial charge in [0.15, 0.2) is 5.78 Å². The van der Waals surface area contributed by atoms with Gasteiger partial charge in [-0.2, -0.15) is 0 Å². The van der Waals surface area contributed by atoms with E-state index < -0.39 is 5.54 Å². The summed E-state index contributed by atoms with van der Waals surface area (Å²) in [6.45, 7) is 0. The zero-order valence-corrected chi connectivity index (χ0v) is 10.3. The number of Topliss-reactive ketones (excluding diaryl/α,β-unsaturated/α-hetero) is 1. The molecule has 0 unspecified atom stereocenters. The number of nitrogens with one attached hydrogen (secondary N) is 1. The maximum absolute atomic E-state index is 11.9. The van der Waals surface area contributed by atoms with Crippen LogP contribution in [-0.4, -0.2) is 18.4 Å². The average molecular weight is 240 g/mol. The summed E-state index contributed by atoms with van der Waals surface area (Å²) in [7, 11) is 1.84. The van der Waals surface area contributed by atoms with Crippen molar-refractivity contribution < 1.29 is 4.79 Å². The SMILES string of the molecule is CN[C@]1(/C=C/C=C\C=C\Cl)CCCCC1=O. The topological polar surface area (TPSA) is 29.1 Å². The van der Waals surface area contributed by atoms with Crippen molar-refractivity contribution in [2.75, 3.05) is 7.05 Å². The Morgan fingerprint density at radius 2 is 2.00 bits per heavy atom. The first-order chi connectivity index (χ1) is 7.75. The fraction of sp³-hybridized carbons (Fsp3) is 0.462. The number of hydrogen-bond donors (Lipinski definition) is 1. The fourth-order valence-corrected chi connectivity index (χ4v) is 2.05. The minimum atomic E-state index is -0.451. The highest BCUT2D eigenvalue weighted by Crippen LogP contribution is 2.25. The highest BCUT2D eigenvalue weighted by molar-refractivity contribution is 6.25. The largest absolute Gasteiger partial charge is 0.305 e. The van der Waals surface area contributed by atoms with Crippen LogP contribution in [0.1, 0.15) is 25.7 Å². The van der Waals surface area contributed by atoms with Crippen molar-refractivity contribution in [1.82, 2.24) is 5.32 Å². The summed E-state index contributed by atoms with van der Waals surface area (Å²) in [6, 6.07) is 0. The molecular formula is C13H18ClNO. The Hall–Kier alpha value is -0.860. The summed E-state index contributed by atoms with van der Waals surface area (Å²) in [5.41, 5.74) is 0.997. The van der Waals surface area contributed by atoms with Gasteiger partial charge < -0.3 is 5.32 Å². The summed E-state index contributed by atoms with van der Waals surface area (Å²) in [5.74, 6) is 0.291. The lowest BCUT2D eigenvalue weighted by molar-refractivity contribution is -0.125. The van der Waals surface area contributed by atoms with Gasteiger partial charge in [-0.3, -0.25) is 4.79 Å². The van der Waals surface area contributed by atoms with Crippen molar-refractivity contribution in [2.24, 2.45) is 0 Å². The van der Waals surface area contributed by atoms with Gasteiger partial charge in [0.05, 0.1) is 5.54 Å². The molecular weight excluding hydrogens is 222 g/mol. The standard InChI is InChI=1S/C13H18ClNO/c1-15-13(9-5-2-3-7-11-14)10-6-4-8-12(13)16/h2-3,5,7,9,11,15H,4,6,8,10H2,1H3/b3-2-,9-5+,11-7+/t13-/m1/s1. The second-order valence-electron chi connectivity index (χ2n) is 3.91. The van der Waals surface area contributed by atoms with Gasteiger partial charge >= 0.3 is 0 Å². The number of likely N-dealkylation sites (N-methyl/N-ethyl adjacent to an activating group) is 1. The normalized spacial score (nSPS) is 27.5. The molecule has 88 valence electrons. The third-order valence-electron chi connectivity index (χ3n) is 2.96. The van der Waals surface area contributed by atoms with E-state index in [0.29, 0.717) is 12.2 Å². The second-order valence-corrected chi connectivity index (χ2v) is 4.17. The number of carbonyl (C=O) groups is 1. The molecule has 16 heavy (non-hydrogen) atoms. The number of ketones is 1. The van der Waals surface area contributed by atoms with E-state index in [-0.39, 0.29) is 0 Å². The molecule has 0 aromatic rings. The molecule has 0 bridgehead atoms. The van der Waals surface area contributed by atoms with Crippen LogP contribution < -0.4 is 5.32 Å². The molecule has 1 aliphatic carbocycles. The van der Waals surface area contributed by atoms with Crippen LogP contribution >= 0.6 is 11.6 Å². The van der Waals surface area contributed by atoms with E-state index in [4.69, 9.17) is 11.6 Å². The average Bonchev–Trinajstić information content (AvgIpc) is 2.31. The predicted octanol–water partition coefficient (Wildman–Crippen LogP) is 2.95. The van der Waals surface area contributed by atoms with Crippen molar-refractivity contribution in [2.45, 2.75) is 31.2 Å². The van der Waals surface area contributed by atoms with Crippen molar-refractivity contribution in [3.05, 3.63) is 35.9 Å². The molecule has 1 saturated carbocycles. The van der Waals surface area contributed by atoms with Crippen molar-refractivity contribution in [3.8, 4) is 0 Å². The lowest BCUT2D eigenvalue weighted by Gasteiger charge is -2.32. The second kappa shape index (κ2) is 6.66. The summed E-state index contributed by atoms with van der Waals surface area (Å²) in [4.78, 5) is 11.9. The van der Waals surface area contributed by atoms with Gasteiger partial charge in [0.1, 0.15) is 0 Å². The van der Waals surface area contributed by atoms with E-state index in [1.807, 2.05) is 31.4 Å². The van der Waals surface area contributed by atoms with E-state index in [0.717, 1.165) is 19.3 Å². The van der Waals surface area contributed by atoms with Crippen LogP contribution in [0.4, 0.5) is 0 Å². The molecule has 1 N–H and O–H groups in total. The molecule has 1 fully saturated rings. The van der Waals surface area contributed by atoms with E-state index in [1.165, 1.54) is 5.54 Å². The molecule has 1 atom stereocenters. The van der Waals surface area contributed by atoms with Crippen molar-refractivity contribution in [1.29, 1.82) is 0 Å². The molecule has 0 aromatic carbocycles. The molecule has 0 heterocycles. The van der Waals surface area contributed by atoms with Crippen LogP contribution in [0, 0.1) is 0 Å². The van der Waals surface area contributed by atoms with Crippen LogP contribution in [0.15, 0.2) is 35.9 Å². The van der Waals surface area contributed by atoms with E-state index in [2.05, 4.69) is 5.32 Å². The number of hydrogen-bond acceptors (Lipinski definition) is 2. The number of rotatable bonds is 4. The van der Waals surface area contributed by atoms with E-state index in [9.17, 15) is 4.79 Å². The molecule has 1 rings (SSSR count). The maximum atomic E-state index is 11.9. The van der Waals surface area contributed by atoms with Gasteiger partial charge in [-0.05, 0) is 19.9 Å². The summed E-state index contributed by atoms with van der Waals surface area (Å²) >= 11 is 5.38. The molecule has 0 radical (unpaired) electrons. The van der Waals surface area contributed by atoms with Crippen LogP contribution in [-0.2, 0) is 4.79 Å². The highest BCUT2D eigenvalue weighted by atomic mass is 35.5. The molecule has 0 amide bonds. The molecule has 0 spiro atoms. The van der Waals surface area contributed by atoms with Gasteiger partial charge in [0.2, 0.25) is 0 Å². The lowest BCUT2D eigenvalue weighted by Crippen LogP contribution is -2.50. The van der Waals surface area contributed by atoms with Gasteiger partial charge in [0, 0.05) is 12.0 Å². The fourth-order valence-electron chi connectivity index (χ4n) is 1.97. The first-order valence-corrected chi connectivity index (χ1v) is 6.02. The van der Waals surface area contributed by atoms with Gasteiger partial charge in [0.25, 0.3) is 0 Å². The third kappa shape index (κ3) is 3.32. The van der Waals surface area contributed by atoms with Crippen LogP contribution in [0.5, 0.6) is 0 Å². The first kappa shape index (κ1) is 13.2. The lowest BCUT2D eigenvalue weighted by atomic mass is 9.80. The minimum Gasteiger partial charge on any atom is -0.305 e. The van der Waals surface area contributed by atoms with Gasteiger partial charge in [-0.25, -0.2) is 0 Å². The molecule has 1 aliphatic rings. The molecule has 0 aromatic heterocycles. The minimum absolute atomic E-state index is 0.291. The van der Waals surface area contributed by atoms with Crippen LogP contribution in [0.3, 0.4) is 0 Å². The van der Waals surface area contributed by atoms with Gasteiger partial charge in [-0.1, -0.05) is 48.4 Å². The molecule has 3 heteroatoms. The zero-order valence-electron chi connectivity index (χ0n) is 9.58. The quantitative estimate of drug-likeness (QED) is 0.765. The Bertz CT molecular complexity index is 320. The Morgan fingerprint density at radius 1 is 1.25 bits per heavy atom. The monoisotopic (exact) mass is 239 g/mol. The Kier molecular flexibility index (Phi) is 5.50.